The van der Waals surface area contributed by atoms with Crippen molar-refractivity contribution in [3.05, 3.63) is 51.6 Å². The fraction of sp³-hybridized carbons (Fsp3) is 0.188. The average Bonchev–Trinajstić information content (AvgIpc) is 2.41. The van der Waals surface area contributed by atoms with E-state index in [1.807, 2.05) is 37.3 Å². The molecule has 0 aromatic heterocycles. The molecule has 21 heavy (non-hydrogen) atoms. The minimum atomic E-state index is -0.583. The zero-order valence-corrected chi connectivity index (χ0v) is 14.0. The number of hydrogen-bond donors (Lipinski definition) is 2. The third-order valence-electron chi connectivity index (χ3n) is 2.99. The Hall–Kier alpha value is -1.76. The summed E-state index contributed by atoms with van der Waals surface area (Å²) >= 11 is 2.20. The van der Waals surface area contributed by atoms with E-state index in [2.05, 4.69) is 27.9 Å². The van der Waals surface area contributed by atoms with Crippen molar-refractivity contribution in [3.8, 4) is 5.75 Å². The third-order valence-corrected chi connectivity index (χ3v) is 3.66. The van der Waals surface area contributed by atoms with Gasteiger partial charge in [-0.2, -0.15) is 0 Å². The average molecular weight is 396 g/mol. The summed E-state index contributed by atoms with van der Waals surface area (Å²) in [6.07, 6.45) is -0.583. The van der Waals surface area contributed by atoms with Crippen molar-refractivity contribution >= 4 is 39.9 Å². The van der Waals surface area contributed by atoms with Crippen molar-refractivity contribution in [1.82, 2.24) is 0 Å². The van der Waals surface area contributed by atoms with Gasteiger partial charge in [-0.3, -0.25) is 4.79 Å². The highest BCUT2D eigenvalue weighted by atomic mass is 127. The molecule has 110 valence electrons. The van der Waals surface area contributed by atoms with Crippen LogP contribution in [0.2, 0.25) is 0 Å². The van der Waals surface area contributed by atoms with Crippen LogP contribution in [0.4, 0.5) is 11.4 Å². The number of carbonyl (C=O) groups is 1. The summed E-state index contributed by atoms with van der Waals surface area (Å²) in [7, 11) is 0. The van der Waals surface area contributed by atoms with Crippen LogP contribution in [0.3, 0.4) is 0 Å². The van der Waals surface area contributed by atoms with Crippen molar-refractivity contribution in [2.75, 3.05) is 11.1 Å². The van der Waals surface area contributed by atoms with Crippen LogP contribution in [0.25, 0.3) is 0 Å². The smallest absolute Gasteiger partial charge is 0.265 e. The first-order valence-corrected chi connectivity index (χ1v) is 7.63. The van der Waals surface area contributed by atoms with Gasteiger partial charge in [0.25, 0.3) is 5.91 Å². The molecule has 0 fully saturated rings. The summed E-state index contributed by atoms with van der Waals surface area (Å²) in [5.74, 6) is 0.486. The monoisotopic (exact) mass is 396 g/mol. The molecule has 1 amide bonds. The lowest BCUT2D eigenvalue weighted by Crippen LogP contribution is -2.30. The lowest BCUT2D eigenvalue weighted by molar-refractivity contribution is -0.122. The molecular weight excluding hydrogens is 379 g/mol. The molecule has 1 unspecified atom stereocenters. The third kappa shape index (κ3) is 4.35. The van der Waals surface area contributed by atoms with Gasteiger partial charge in [-0.05, 0) is 78.4 Å². The molecule has 2 rings (SSSR count). The molecular formula is C16H17IN2O2. The highest BCUT2D eigenvalue weighted by molar-refractivity contribution is 14.1. The lowest BCUT2D eigenvalue weighted by Gasteiger charge is -2.16. The van der Waals surface area contributed by atoms with Crippen molar-refractivity contribution in [3.63, 3.8) is 0 Å². The molecule has 0 aliphatic heterocycles. The Balaban J connectivity index is 2.02. The highest BCUT2D eigenvalue weighted by Gasteiger charge is 2.15. The van der Waals surface area contributed by atoms with Crippen LogP contribution < -0.4 is 15.8 Å². The number of amides is 1. The summed E-state index contributed by atoms with van der Waals surface area (Å²) in [6, 6.07) is 13.0. The predicted octanol–water partition coefficient (Wildman–Crippen LogP) is 3.59. The molecule has 1 atom stereocenters. The van der Waals surface area contributed by atoms with E-state index in [0.29, 0.717) is 11.4 Å². The Morgan fingerprint density at radius 1 is 1.29 bits per heavy atom. The van der Waals surface area contributed by atoms with Crippen molar-refractivity contribution in [2.24, 2.45) is 0 Å². The van der Waals surface area contributed by atoms with Crippen LogP contribution in [-0.4, -0.2) is 12.0 Å². The Bertz CT molecular complexity index is 658. The van der Waals surface area contributed by atoms with E-state index >= 15 is 0 Å². The summed E-state index contributed by atoms with van der Waals surface area (Å²) in [5.41, 5.74) is 8.03. The number of anilines is 2. The molecule has 2 aromatic carbocycles. The highest BCUT2D eigenvalue weighted by Crippen LogP contribution is 2.19. The number of nitrogens with one attached hydrogen (secondary N) is 1. The number of aryl methyl sites for hydroxylation is 1. The number of ether oxygens (including phenoxy) is 1. The van der Waals surface area contributed by atoms with E-state index in [4.69, 9.17) is 10.5 Å². The molecule has 0 bridgehead atoms. The number of benzene rings is 2. The number of carbonyl (C=O) groups excluding carboxylic acids is 1. The molecule has 0 aliphatic carbocycles. The number of rotatable bonds is 4. The van der Waals surface area contributed by atoms with Crippen molar-refractivity contribution < 1.29 is 9.53 Å². The molecule has 0 radical (unpaired) electrons. The zero-order valence-electron chi connectivity index (χ0n) is 11.9. The summed E-state index contributed by atoms with van der Waals surface area (Å²) in [5, 5.41) is 2.85. The van der Waals surface area contributed by atoms with Crippen LogP contribution in [-0.2, 0) is 4.79 Å². The molecule has 0 saturated carbocycles. The molecule has 4 nitrogen and oxygen atoms in total. The summed E-state index contributed by atoms with van der Waals surface area (Å²) in [6.45, 7) is 3.62. The second kappa shape index (κ2) is 6.80. The zero-order chi connectivity index (χ0) is 15.4. The molecule has 0 heterocycles. The van der Waals surface area contributed by atoms with E-state index in [-0.39, 0.29) is 5.91 Å². The van der Waals surface area contributed by atoms with Gasteiger partial charge in [0.05, 0.1) is 0 Å². The van der Waals surface area contributed by atoms with Gasteiger partial charge in [0.2, 0.25) is 0 Å². The van der Waals surface area contributed by atoms with Gasteiger partial charge in [0.1, 0.15) is 5.75 Å². The number of nitrogens with two attached hydrogens (primary N) is 1. The van der Waals surface area contributed by atoms with Gasteiger partial charge in [-0.15, -0.1) is 0 Å². The summed E-state index contributed by atoms with van der Waals surface area (Å²) in [4.78, 5) is 12.2. The van der Waals surface area contributed by atoms with Crippen LogP contribution in [0, 0.1) is 10.5 Å². The Morgan fingerprint density at radius 2 is 2.05 bits per heavy atom. The number of halogens is 1. The van der Waals surface area contributed by atoms with Gasteiger partial charge in [-0.25, -0.2) is 0 Å². The second-order valence-corrected chi connectivity index (χ2v) is 6.03. The molecule has 0 aliphatic rings. The van der Waals surface area contributed by atoms with Crippen molar-refractivity contribution in [1.29, 1.82) is 0 Å². The maximum atomic E-state index is 12.2. The Kier molecular flexibility index (Phi) is 5.06. The first-order valence-electron chi connectivity index (χ1n) is 6.55. The fourth-order valence-corrected chi connectivity index (χ4v) is 2.37. The van der Waals surface area contributed by atoms with Crippen LogP contribution in [0.1, 0.15) is 12.5 Å². The second-order valence-electron chi connectivity index (χ2n) is 4.78. The lowest BCUT2D eigenvalue weighted by atomic mass is 10.1. The quantitative estimate of drug-likeness (QED) is 0.614. The van der Waals surface area contributed by atoms with Gasteiger partial charge < -0.3 is 15.8 Å². The largest absolute Gasteiger partial charge is 0.481 e. The van der Waals surface area contributed by atoms with Gasteiger partial charge in [-0.1, -0.05) is 6.07 Å². The molecule has 3 N–H and O–H groups in total. The SMILES string of the molecule is Cc1cc(N)ccc1NC(=O)C(C)Oc1cccc(I)c1. The van der Waals surface area contributed by atoms with Crippen LogP contribution >= 0.6 is 22.6 Å². The van der Waals surface area contributed by atoms with Gasteiger partial charge in [0.15, 0.2) is 6.10 Å². The van der Waals surface area contributed by atoms with E-state index in [1.54, 1.807) is 19.1 Å². The molecule has 2 aromatic rings. The van der Waals surface area contributed by atoms with E-state index in [0.717, 1.165) is 14.8 Å². The van der Waals surface area contributed by atoms with Gasteiger partial charge in [0, 0.05) is 14.9 Å². The van der Waals surface area contributed by atoms with Crippen LogP contribution in [0.5, 0.6) is 5.75 Å². The Morgan fingerprint density at radius 3 is 2.71 bits per heavy atom. The van der Waals surface area contributed by atoms with E-state index < -0.39 is 6.10 Å². The van der Waals surface area contributed by atoms with Crippen LogP contribution in [0.15, 0.2) is 42.5 Å². The minimum Gasteiger partial charge on any atom is -0.481 e. The van der Waals surface area contributed by atoms with E-state index in [1.165, 1.54) is 0 Å². The molecule has 5 heteroatoms. The summed E-state index contributed by atoms with van der Waals surface area (Å²) < 4.78 is 6.71. The standard InChI is InChI=1S/C16H17IN2O2/c1-10-8-13(18)6-7-15(10)19-16(20)11(2)21-14-5-3-4-12(17)9-14/h3-9,11H,18H2,1-2H3,(H,19,20). The van der Waals surface area contributed by atoms with Gasteiger partial charge >= 0.3 is 0 Å². The normalized spacial score (nSPS) is 11.8. The Labute approximate surface area is 137 Å². The first-order chi connectivity index (χ1) is 9.95. The number of nitrogen functional groups attached to an aromatic ring is 1. The molecule has 0 saturated heterocycles. The fourth-order valence-electron chi connectivity index (χ4n) is 1.86. The van der Waals surface area contributed by atoms with E-state index in [9.17, 15) is 4.79 Å². The topological polar surface area (TPSA) is 64.3 Å². The predicted molar refractivity (Wildman–Crippen MR) is 93.5 cm³/mol. The molecule has 0 spiro atoms. The first kappa shape index (κ1) is 15.6. The van der Waals surface area contributed by atoms with Crippen molar-refractivity contribution in [2.45, 2.75) is 20.0 Å². The minimum absolute atomic E-state index is 0.193. The number of hydrogen-bond acceptors (Lipinski definition) is 3. The maximum absolute atomic E-state index is 12.2. The maximum Gasteiger partial charge on any atom is 0.265 e.